The molecule has 1 fully saturated rings. The van der Waals surface area contributed by atoms with Crippen LogP contribution in [0.1, 0.15) is 34.3 Å². The summed E-state index contributed by atoms with van der Waals surface area (Å²) >= 11 is 0. The molecule has 4 rings (SSSR count). The van der Waals surface area contributed by atoms with Crippen molar-refractivity contribution in [3.63, 3.8) is 0 Å². The molecule has 1 aliphatic heterocycles. The third-order valence-electron chi connectivity index (χ3n) is 5.28. The van der Waals surface area contributed by atoms with Gasteiger partial charge in [0.25, 0.3) is 5.91 Å². The zero-order valence-electron chi connectivity index (χ0n) is 16.6. The van der Waals surface area contributed by atoms with Crippen molar-refractivity contribution in [2.45, 2.75) is 25.8 Å². The molecule has 3 amide bonds. The van der Waals surface area contributed by atoms with Crippen molar-refractivity contribution >= 4 is 28.5 Å². The number of amides is 3. The quantitative estimate of drug-likeness (QED) is 0.645. The first-order valence-corrected chi connectivity index (χ1v) is 10.0. The van der Waals surface area contributed by atoms with Gasteiger partial charge >= 0.3 is 0 Å². The number of rotatable bonds is 5. The fourth-order valence-corrected chi connectivity index (χ4v) is 3.76. The predicted molar refractivity (Wildman–Crippen MR) is 114 cm³/mol. The van der Waals surface area contributed by atoms with Gasteiger partial charge in [-0.2, -0.15) is 0 Å². The lowest BCUT2D eigenvalue weighted by Gasteiger charge is -2.16. The van der Waals surface area contributed by atoms with Gasteiger partial charge in [-0.25, -0.2) is 0 Å². The maximum atomic E-state index is 12.5. The standard InChI is InChI=1S/C24H23N3O3/c28-22(15-19-9-4-8-18-7-1-2-11-21(18)19)25-26-24(30)20-10-3-6-17(14-20)16-27-13-5-12-23(27)29/h1-4,6-11,14H,5,12-13,15-16H2,(H,25,28)(H,26,30). The molecular formula is C24H23N3O3. The van der Waals surface area contributed by atoms with Gasteiger partial charge in [0.1, 0.15) is 0 Å². The molecule has 2 N–H and O–H groups in total. The van der Waals surface area contributed by atoms with E-state index in [1.807, 2.05) is 48.5 Å². The van der Waals surface area contributed by atoms with Crippen molar-refractivity contribution in [1.29, 1.82) is 0 Å². The first-order valence-electron chi connectivity index (χ1n) is 10.0. The van der Waals surface area contributed by atoms with Crippen LogP contribution in [0.3, 0.4) is 0 Å². The lowest BCUT2D eigenvalue weighted by Crippen LogP contribution is -2.42. The van der Waals surface area contributed by atoms with E-state index in [-0.39, 0.29) is 18.2 Å². The van der Waals surface area contributed by atoms with E-state index in [1.165, 1.54) is 0 Å². The Bertz CT molecular complexity index is 1100. The Morgan fingerprint density at radius 1 is 0.933 bits per heavy atom. The first kappa shape index (κ1) is 19.6. The molecule has 6 heteroatoms. The van der Waals surface area contributed by atoms with Gasteiger partial charge in [0.15, 0.2) is 0 Å². The SMILES string of the molecule is O=C(Cc1cccc2ccccc12)NNC(=O)c1cccc(CN2CCCC2=O)c1. The monoisotopic (exact) mass is 401 g/mol. The molecule has 0 spiro atoms. The maximum absolute atomic E-state index is 12.5. The van der Waals surface area contributed by atoms with Crippen LogP contribution in [-0.2, 0) is 22.6 Å². The summed E-state index contributed by atoms with van der Waals surface area (Å²) in [5.41, 5.74) is 7.19. The Labute approximate surface area is 174 Å². The van der Waals surface area contributed by atoms with Crippen LogP contribution in [0.4, 0.5) is 0 Å². The van der Waals surface area contributed by atoms with Crippen LogP contribution in [0, 0.1) is 0 Å². The first-order chi connectivity index (χ1) is 14.6. The molecule has 0 saturated carbocycles. The molecule has 0 aromatic heterocycles. The lowest BCUT2D eigenvalue weighted by molar-refractivity contribution is -0.128. The number of likely N-dealkylation sites (tertiary alicyclic amines) is 1. The number of hydrazine groups is 1. The second-order valence-electron chi connectivity index (χ2n) is 7.44. The number of carbonyl (C=O) groups is 3. The van der Waals surface area contributed by atoms with Crippen LogP contribution in [0.5, 0.6) is 0 Å². The maximum Gasteiger partial charge on any atom is 0.269 e. The summed E-state index contributed by atoms with van der Waals surface area (Å²) in [6.45, 7) is 1.24. The Hall–Kier alpha value is -3.67. The smallest absolute Gasteiger partial charge is 0.269 e. The molecule has 30 heavy (non-hydrogen) atoms. The Kier molecular flexibility index (Phi) is 5.75. The largest absolute Gasteiger partial charge is 0.338 e. The fourth-order valence-electron chi connectivity index (χ4n) is 3.76. The van der Waals surface area contributed by atoms with Gasteiger partial charge in [0.05, 0.1) is 6.42 Å². The number of nitrogens with zero attached hydrogens (tertiary/aromatic N) is 1. The average Bonchev–Trinajstić information content (AvgIpc) is 3.17. The average molecular weight is 401 g/mol. The third-order valence-corrected chi connectivity index (χ3v) is 5.28. The van der Waals surface area contributed by atoms with Crippen molar-refractivity contribution in [3.8, 4) is 0 Å². The van der Waals surface area contributed by atoms with E-state index in [0.717, 1.165) is 34.9 Å². The highest BCUT2D eigenvalue weighted by Gasteiger charge is 2.20. The molecule has 1 saturated heterocycles. The molecule has 0 radical (unpaired) electrons. The van der Waals surface area contributed by atoms with E-state index in [1.54, 1.807) is 23.1 Å². The summed E-state index contributed by atoms with van der Waals surface area (Å²) in [4.78, 5) is 38.4. The Morgan fingerprint density at radius 2 is 1.73 bits per heavy atom. The van der Waals surface area contributed by atoms with Gasteiger partial charge in [0, 0.05) is 25.1 Å². The minimum atomic E-state index is -0.393. The van der Waals surface area contributed by atoms with E-state index in [9.17, 15) is 14.4 Å². The van der Waals surface area contributed by atoms with Crippen molar-refractivity contribution in [2.24, 2.45) is 0 Å². The number of hydrogen-bond donors (Lipinski definition) is 2. The second-order valence-corrected chi connectivity index (χ2v) is 7.44. The molecule has 0 unspecified atom stereocenters. The van der Waals surface area contributed by atoms with Gasteiger partial charge in [-0.15, -0.1) is 0 Å². The highest BCUT2D eigenvalue weighted by molar-refractivity contribution is 5.96. The van der Waals surface area contributed by atoms with Crippen LogP contribution in [0.25, 0.3) is 10.8 Å². The lowest BCUT2D eigenvalue weighted by atomic mass is 10.0. The van der Waals surface area contributed by atoms with Crippen LogP contribution in [0.2, 0.25) is 0 Å². The third kappa shape index (κ3) is 4.49. The summed E-state index contributed by atoms with van der Waals surface area (Å²) < 4.78 is 0. The molecule has 0 atom stereocenters. The number of nitrogens with one attached hydrogen (secondary N) is 2. The van der Waals surface area contributed by atoms with Gasteiger partial charge in [-0.05, 0) is 40.5 Å². The molecule has 152 valence electrons. The van der Waals surface area contributed by atoms with Crippen molar-refractivity contribution < 1.29 is 14.4 Å². The minimum Gasteiger partial charge on any atom is -0.338 e. The van der Waals surface area contributed by atoms with Gasteiger partial charge < -0.3 is 4.90 Å². The van der Waals surface area contributed by atoms with Crippen LogP contribution in [0.15, 0.2) is 66.7 Å². The van der Waals surface area contributed by atoms with Crippen LogP contribution in [-0.4, -0.2) is 29.2 Å². The van der Waals surface area contributed by atoms with E-state index >= 15 is 0 Å². The molecule has 1 heterocycles. The van der Waals surface area contributed by atoms with Crippen molar-refractivity contribution in [3.05, 3.63) is 83.4 Å². The van der Waals surface area contributed by atoms with Crippen LogP contribution < -0.4 is 10.9 Å². The summed E-state index contributed by atoms with van der Waals surface area (Å²) in [6.07, 6.45) is 1.63. The molecular weight excluding hydrogens is 378 g/mol. The predicted octanol–water partition coefficient (Wildman–Crippen LogP) is 2.97. The number of benzene rings is 3. The molecule has 6 nitrogen and oxygen atoms in total. The molecule has 3 aromatic rings. The van der Waals surface area contributed by atoms with Gasteiger partial charge in [0.2, 0.25) is 11.8 Å². The van der Waals surface area contributed by atoms with E-state index < -0.39 is 5.91 Å². The van der Waals surface area contributed by atoms with Crippen molar-refractivity contribution in [2.75, 3.05) is 6.54 Å². The number of fused-ring (bicyclic) bond motifs is 1. The normalized spacial score (nSPS) is 13.5. The highest BCUT2D eigenvalue weighted by Crippen LogP contribution is 2.19. The summed E-state index contributed by atoms with van der Waals surface area (Å²) in [6, 6.07) is 20.8. The van der Waals surface area contributed by atoms with E-state index in [2.05, 4.69) is 10.9 Å². The van der Waals surface area contributed by atoms with Gasteiger partial charge in [-0.1, -0.05) is 54.6 Å². The molecule has 0 aliphatic carbocycles. The zero-order chi connectivity index (χ0) is 20.9. The van der Waals surface area contributed by atoms with Crippen molar-refractivity contribution in [1.82, 2.24) is 15.8 Å². The Morgan fingerprint density at radius 3 is 2.57 bits per heavy atom. The minimum absolute atomic E-state index is 0.144. The topological polar surface area (TPSA) is 78.5 Å². The number of carbonyl (C=O) groups excluding carboxylic acids is 3. The van der Waals surface area contributed by atoms with E-state index in [4.69, 9.17) is 0 Å². The van der Waals surface area contributed by atoms with Crippen LogP contribution >= 0.6 is 0 Å². The van der Waals surface area contributed by atoms with E-state index in [0.29, 0.717) is 18.5 Å². The summed E-state index contributed by atoms with van der Waals surface area (Å²) in [5.74, 6) is -0.542. The molecule has 0 bridgehead atoms. The summed E-state index contributed by atoms with van der Waals surface area (Å²) in [5, 5.41) is 2.09. The summed E-state index contributed by atoms with van der Waals surface area (Å²) in [7, 11) is 0. The molecule has 1 aliphatic rings. The highest BCUT2D eigenvalue weighted by atomic mass is 16.2. The fraction of sp³-hybridized carbons (Fsp3) is 0.208. The zero-order valence-corrected chi connectivity index (χ0v) is 16.6. The second kappa shape index (κ2) is 8.78. The molecule has 3 aromatic carbocycles. The van der Waals surface area contributed by atoms with Gasteiger partial charge in [-0.3, -0.25) is 25.2 Å². The number of hydrogen-bond acceptors (Lipinski definition) is 3. The Balaban J connectivity index is 1.35.